The van der Waals surface area contributed by atoms with Crippen molar-refractivity contribution in [3.05, 3.63) is 168 Å². The van der Waals surface area contributed by atoms with Crippen LogP contribution in [0.25, 0.3) is 77.2 Å². The van der Waals surface area contributed by atoms with Crippen LogP contribution in [0.3, 0.4) is 0 Å². The Hall–Kier alpha value is -6.88. The predicted octanol–water partition coefficient (Wildman–Crippen LogP) is 11.6. The minimum Gasteiger partial charge on any atom is -0.309 e. The van der Waals surface area contributed by atoms with Gasteiger partial charge in [-0.3, -0.25) is 0 Å². The Labute approximate surface area is 289 Å². The summed E-state index contributed by atoms with van der Waals surface area (Å²) in [6.45, 7) is 4.31. The van der Waals surface area contributed by atoms with Gasteiger partial charge in [0.1, 0.15) is 12.1 Å². The Balaban J connectivity index is 1.43. The molecule has 234 valence electrons. The lowest BCUT2D eigenvalue weighted by atomic mass is 9.91. The third kappa shape index (κ3) is 4.23. The van der Waals surface area contributed by atoms with Crippen molar-refractivity contribution in [3.63, 3.8) is 0 Å². The van der Waals surface area contributed by atoms with Crippen LogP contribution in [0.15, 0.2) is 146 Å². The third-order valence-corrected chi connectivity index (χ3v) is 10.1. The summed E-state index contributed by atoms with van der Waals surface area (Å²) in [5.74, 6) is 0. The molecular weight excluding hydrogens is 609 g/mol. The van der Waals surface area contributed by atoms with Crippen molar-refractivity contribution in [1.29, 1.82) is 10.5 Å². The van der Waals surface area contributed by atoms with Gasteiger partial charge >= 0.3 is 0 Å². The minimum absolute atomic E-state index is 0.372. The summed E-state index contributed by atoms with van der Waals surface area (Å²) in [4.78, 5) is 0. The van der Waals surface area contributed by atoms with Crippen molar-refractivity contribution in [2.45, 2.75) is 13.8 Å². The molecule has 9 rings (SSSR count). The summed E-state index contributed by atoms with van der Waals surface area (Å²) in [5.41, 5.74) is 13.6. The van der Waals surface area contributed by atoms with E-state index in [4.69, 9.17) is 0 Å². The summed E-state index contributed by atoms with van der Waals surface area (Å²) < 4.78 is 4.71. The van der Waals surface area contributed by atoms with Gasteiger partial charge in [0.05, 0.1) is 38.9 Å². The first-order chi connectivity index (χ1) is 24.6. The SMILES string of the molecule is Cc1cccc(C)c1-n1c2ccccc2c2c(-c3ccc4c(c3)c3ccccc3n4-c3ccccc3)ccc(-c3cccc(C#N)c3C#N)c21. The molecule has 2 aromatic heterocycles. The van der Waals surface area contributed by atoms with Crippen molar-refractivity contribution in [2.75, 3.05) is 0 Å². The lowest BCUT2D eigenvalue weighted by Crippen LogP contribution is -2.02. The number of hydrogen-bond donors (Lipinski definition) is 0. The molecular formula is C46H30N4. The van der Waals surface area contributed by atoms with Gasteiger partial charge in [0, 0.05) is 38.4 Å². The molecule has 0 saturated heterocycles. The fraction of sp³-hybridized carbons (Fsp3) is 0.0435. The molecule has 7 aromatic carbocycles. The number of aryl methyl sites for hydroxylation is 2. The highest BCUT2D eigenvalue weighted by molar-refractivity contribution is 6.21. The first-order valence-corrected chi connectivity index (χ1v) is 16.7. The highest BCUT2D eigenvalue weighted by Crippen LogP contribution is 2.46. The predicted molar refractivity (Wildman–Crippen MR) is 205 cm³/mol. The summed E-state index contributed by atoms with van der Waals surface area (Å²) in [6.07, 6.45) is 0. The average molecular weight is 639 g/mol. The third-order valence-electron chi connectivity index (χ3n) is 10.1. The molecule has 9 aromatic rings. The molecule has 0 amide bonds. The number of nitriles is 2. The van der Waals surface area contributed by atoms with Gasteiger partial charge in [-0.1, -0.05) is 103 Å². The van der Waals surface area contributed by atoms with E-state index in [0.717, 1.165) is 72.1 Å². The maximum absolute atomic E-state index is 10.4. The molecule has 0 saturated carbocycles. The molecule has 0 aliphatic heterocycles. The maximum Gasteiger partial charge on any atom is 0.101 e. The second-order valence-corrected chi connectivity index (χ2v) is 12.8. The van der Waals surface area contributed by atoms with Crippen LogP contribution in [0.4, 0.5) is 0 Å². The van der Waals surface area contributed by atoms with E-state index >= 15 is 0 Å². The first kappa shape index (κ1) is 29.3. The second kappa shape index (κ2) is 11.4. The van der Waals surface area contributed by atoms with Crippen molar-refractivity contribution in [3.8, 4) is 45.8 Å². The van der Waals surface area contributed by atoms with E-state index in [1.54, 1.807) is 6.07 Å². The van der Waals surface area contributed by atoms with Crippen molar-refractivity contribution in [1.82, 2.24) is 9.13 Å². The van der Waals surface area contributed by atoms with Gasteiger partial charge in [-0.05, 0) is 78.6 Å². The van der Waals surface area contributed by atoms with Gasteiger partial charge < -0.3 is 9.13 Å². The summed E-state index contributed by atoms with van der Waals surface area (Å²) in [5, 5.41) is 25.0. The Morgan fingerprint density at radius 3 is 1.86 bits per heavy atom. The van der Waals surface area contributed by atoms with E-state index in [0.29, 0.717) is 11.1 Å². The van der Waals surface area contributed by atoms with E-state index in [1.165, 1.54) is 16.3 Å². The molecule has 0 N–H and O–H groups in total. The number of para-hydroxylation sites is 4. The van der Waals surface area contributed by atoms with Crippen LogP contribution in [0, 0.1) is 36.5 Å². The van der Waals surface area contributed by atoms with E-state index in [9.17, 15) is 10.5 Å². The Morgan fingerprint density at radius 2 is 1.12 bits per heavy atom. The van der Waals surface area contributed by atoms with Gasteiger partial charge in [0.15, 0.2) is 0 Å². The minimum atomic E-state index is 0.372. The van der Waals surface area contributed by atoms with Crippen LogP contribution in [-0.4, -0.2) is 9.13 Å². The standard InChI is InChI=1S/C46H30N4/c1-29-12-10-13-30(2)45(29)50-42-21-9-7-18-38(42)44-34(23-24-37(46(44)50)35-19-11-14-32(27-47)40(35)28-48)31-22-25-43-39(26-31)36-17-6-8-20-41(36)49(43)33-15-4-3-5-16-33/h3-26H,1-2H3. The molecule has 50 heavy (non-hydrogen) atoms. The van der Waals surface area contributed by atoms with Crippen LogP contribution < -0.4 is 0 Å². The normalized spacial score (nSPS) is 11.4. The first-order valence-electron chi connectivity index (χ1n) is 16.7. The Bertz CT molecular complexity index is 2890. The molecule has 0 unspecified atom stereocenters. The smallest absolute Gasteiger partial charge is 0.101 e. The van der Waals surface area contributed by atoms with E-state index in [2.05, 4.69) is 163 Å². The zero-order chi connectivity index (χ0) is 33.9. The zero-order valence-electron chi connectivity index (χ0n) is 27.6. The lowest BCUT2D eigenvalue weighted by Gasteiger charge is -2.18. The summed E-state index contributed by atoms with van der Waals surface area (Å²) in [7, 11) is 0. The number of aromatic nitrogens is 2. The van der Waals surface area contributed by atoms with Crippen LogP contribution in [0.2, 0.25) is 0 Å². The molecule has 4 nitrogen and oxygen atoms in total. The monoisotopic (exact) mass is 638 g/mol. The van der Waals surface area contributed by atoms with Crippen molar-refractivity contribution < 1.29 is 0 Å². The van der Waals surface area contributed by atoms with Crippen molar-refractivity contribution >= 4 is 43.6 Å². The van der Waals surface area contributed by atoms with Gasteiger partial charge in [0.2, 0.25) is 0 Å². The summed E-state index contributed by atoms with van der Waals surface area (Å²) >= 11 is 0. The van der Waals surface area contributed by atoms with Gasteiger partial charge in [-0.15, -0.1) is 0 Å². The van der Waals surface area contributed by atoms with Gasteiger partial charge in [-0.2, -0.15) is 10.5 Å². The molecule has 2 heterocycles. The molecule has 4 heteroatoms. The van der Waals surface area contributed by atoms with Crippen molar-refractivity contribution in [2.24, 2.45) is 0 Å². The molecule has 0 spiro atoms. The largest absolute Gasteiger partial charge is 0.309 e. The van der Waals surface area contributed by atoms with E-state index in [-0.39, 0.29) is 0 Å². The Kier molecular flexibility index (Phi) is 6.66. The molecule has 0 radical (unpaired) electrons. The molecule has 0 bridgehead atoms. The van der Waals surface area contributed by atoms with Gasteiger partial charge in [-0.25, -0.2) is 0 Å². The van der Waals surface area contributed by atoms with E-state index in [1.807, 2.05) is 12.1 Å². The van der Waals surface area contributed by atoms with Crippen LogP contribution in [0.5, 0.6) is 0 Å². The van der Waals surface area contributed by atoms with Crippen LogP contribution in [-0.2, 0) is 0 Å². The van der Waals surface area contributed by atoms with Gasteiger partial charge in [0.25, 0.3) is 0 Å². The highest BCUT2D eigenvalue weighted by Gasteiger charge is 2.24. The second-order valence-electron chi connectivity index (χ2n) is 12.8. The van der Waals surface area contributed by atoms with Crippen LogP contribution in [0.1, 0.15) is 22.3 Å². The number of fused-ring (bicyclic) bond motifs is 6. The number of rotatable bonds is 4. The molecule has 0 fully saturated rings. The molecule has 0 aliphatic carbocycles. The number of benzene rings is 7. The molecule has 0 atom stereocenters. The average Bonchev–Trinajstić information content (AvgIpc) is 3.68. The fourth-order valence-corrected chi connectivity index (χ4v) is 7.93. The quantitative estimate of drug-likeness (QED) is 0.193. The van der Waals surface area contributed by atoms with Crippen LogP contribution >= 0.6 is 0 Å². The summed E-state index contributed by atoms with van der Waals surface area (Å²) in [6, 6.07) is 55.4. The molecule has 0 aliphatic rings. The lowest BCUT2D eigenvalue weighted by molar-refractivity contribution is 1.12. The maximum atomic E-state index is 10.4. The zero-order valence-corrected chi connectivity index (χ0v) is 27.6. The van der Waals surface area contributed by atoms with E-state index < -0.39 is 0 Å². The Morgan fingerprint density at radius 1 is 0.480 bits per heavy atom. The number of hydrogen-bond acceptors (Lipinski definition) is 2. The highest BCUT2D eigenvalue weighted by atomic mass is 15.0. The number of nitrogens with zero attached hydrogens (tertiary/aromatic N) is 4. The fourth-order valence-electron chi connectivity index (χ4n) is 7.93. The topological polar surface area (TPSA) is 57.4 Å².